The van der Waals surface area contributed by atoms with Crippen LogP contribution in [0.15, 0.2) is 24.3 Å². The molecule has 1 nitrogen and oxygen atoms in total. The molecule has 0 spiro atoms. The predicted octanol–water partition coefficient (Wildman–Crippen LogP) is 4.27. The van der Waals surface area contributed by atoms with Crippen molar-refractivity contribution in [2.45, 2.75) is 47.6 Å². The number of benzene rings is 1. The van der Waals surface area contributed by atoms with Crippen LogP contribution in [-0.2, 0) is 13.0 Å². The van der Waals surface area contributed by atoms with Crippen LogP contribution in [0.2, 0.25) is 0 Å². The van der Waals surface area contributed by atoms with Crippen LogP contribution in [0.4, 0.5) is 0 Å². The Labute approximate surface area is 113 Å². The largest absolute Gasteiger partial charge is 0.312 e. The maximum Gasteiger partial charge on any atom is 0.0205 e. The molecule has 0 saturated carbocycles. The van der Waals surface area contributed by atoms with E-state index in [0.29, 0.717) is 0 Å². The lowest BCUT2D eigenvalue weighted by Crippen LogP contribution is -2.29. The predicted molar refractivity (Wildman–Crippen MR) is 80.7 cm³/mol. The summed E-state index contributed by atoms with van der Waals surface area (Å²) < 4.78 is 0. The van der Waals surface area contributed by atoms with Crippen LogP contribution in [0, 0.1) is 17.8 Å². The van der Waals surface area contributed by atoms with E-state index in [0.717, 1.165) is 37.3 Å². The van der Waals surface area contributed by atoms with Crippen LogP contribution >= 0.6 is 0 Å². The molecule has 102 valence electrons. The third-order valence-electron chi connectivity index (χ3n) is 3.85. The van der Waals surface area contributed by atoms with Gasteiger partial charge in [0.1, 0.15) is 0 Å². The zero-order valence-corrected chi connectivity index (χ0v) is 12.7. The summed E-state index contributed by atoms with van der Waals surface area (Å²) in [6.07, 6.45) is 1.12. The molecule has 0 radical (unpaired) electrons. The molecule has 0 saturated heterocycles. The maximum atomic E-state index is 3.60. The second-order valence-corrected chi connectivity index (χ2v) is 5.95. The van der Waals surface area contributed by atoms with Crippen molar-refractivity contribution in [1.29, 1.82) is 0 Å². The summed E-state index contributed by atoms with van der Waals surface area (Å²) >= 11 is 0. The van der Waals surface area contributed by atoms with E-state index in [-0.39, 0.29) is 0 Å². The summed E-state index contributed by atoms with van der Waals surface area (Å²) in [7, 11) is 0. The quantitative estimate of drug-likeness (QED) is 0.759. The molecule has 0 aliphatic carbocycles. The van der Waals surface area contributed by atoms with E-state index in [1.54, 1.807) is 0 Å². The third-order valence-corrected chi connectivity index (χ3v) is 3.85. The van der Waals surface area contributed by atoms with E-state index in [2.05, 4.69) is 64.2 Å². The van der Waals surface area contributed by atoms with Crippen molar-refractivity contribution in [1.82, 2.24) is 5.32 Å². The summed E-state index contributed by atoms with van der Waals surface area (Å²) in [6, 6.07) is 8.95. The molecule has 0 bridgehead atoms. The molecule has 1 aromatic carbocycles. The van der Waals surface area contributed by atoms with E-state index in [1.807, 2.05) is 0 Å². The van der Waals surface area contributed by atoms with Crippen molar-refractivity contribution in [3.63, 3.8) is 0 Å². The van der Waals surface area contributed by atoms with Crippen LogP contribution in [0.1, 0.15) is 45.7 Å². The zero-order chi connectivity index (χ0) is 13.5. The van der Waals surface area contributed by atoms with Gasteiger partial charge >= 0.3 is 0 Å². The Morgan fingerprint density at radius 3 is 1.83 bits per heavy atom. The zero-order valence-electron chi connectivity index (χ0n) is 12.7. The first-order valence-electron chi connectivity index (χ1n) is 7.33. The second kappa shape index (κ2) is 7.58. The highest BCUT2D eigenvalue weighted by atomic mass is 14.9. The van der Waals surface area contributed by atoms with Gasteiger partial charge in [0.05, 0.1) is 0 Å². The third kappa shape index (κ3) is 4.81. The fourth-order valence-corrected chi connectivity index (χ4v) is 2.52. The molecule has 0 unspecified atom stereocenters. The molecular formula is C17H29N. The Kier molecular flexibility index (Phi) is 6.42. The standard InChI is InChI=1S/C17H29N/c1-6-15-7-9-16(10-8-15)11-18-12-17(13(2)3)14(4)5/h7-10,13-14,17-18H,6,11-12H2,1-5H3. The molecule has 0 aliphatic heterocycles. The molecule has 1 N–H and O–H groups in total. The van der Waals surface area contributed by atoms with Gasteiger partial charge in [-0.3, -0.25) is 0 Å². The van der Waals surface area contributed by atoms with Crippen molar-refractivity contribution in [2.24, 2.45) is 17.8 Å². The van der Waals surface area contributed by atoms with Gasteiger partial charge in [-0.2, -0.15) is 0 Å². The molecular weight excluding hydrogens is 218 g/mol. The molecule has 0 atom stereocenters. The Morgan fingerprint density at radius 2 is 1.39 bits per heavy atom. The van der Waals surface area contributed by atoms with Crippen LogP contribution in [0.5, 0.6) is 0 Å². The highest BCUT2D eigenvalue weighted by molar-refractivity contribution is 5.22. The van der Waals surface area contributed by atoms with Crippen molar-refractivity contribution < 1.29 is 0 Å². The van der Waals surface area contributed by atoms with Crippen molar-refractivity contribution in [3.8, 4) is 0 Å². The molecule has 0 aromatic heterocycles. The first-order chi connectivity index (χ1) is 8.54. The number of aryl methyl sites for hydroxylation is 1. The minimum absolute atomic E-state index is 0.750. The van der Waals surface area contributed by atoms with E-state index in [4.69, 9.17) is 0 Å². The van der Waals surface area contributed by atoms with Crippen LogP contribution in [0.3, 0.4) is 0 Å². The Hall–Kier alpha value is -0.820. The molecule has 0 fully saturated rings. The van der Waals surface area contributed by atoms with Gasteiger partial charge in [0.25, 0.3) is 0 Å². The van der Waals surface area contributed by atoms with E-state index < -0.39 is 0 Å². The monoisotopic (exact) mass is 247 g/mol. The normalized spacial score (nSPS) is 11.8. The fraction of sp³-hybridized carbons (Fsp3) is 0.647. The van der Waals surface area contributed by atoms with Gasteiger partial charge in [-0.1, -0.05) is 58.9 Å². The summed E-state index contributed by atoms with van der Waals surface area (Å²) in [5.74, 6) is 2.26. The lowest BCUT2D eigenvalue weighted by molar-refractivity contribution is 0.275. The van der Waals surface area contributed by atoms with Crippen molar-refractivity contribution in [2.75, 3.05) is 6.54 Å². The Bertz CT molecular complexity index is 316. The molecule has 0 heterocycles. The van der Waals surface area contributed by atoms with Crippen molar-refractivity contribution >= 4 is 0 Å². The summed E-state index contributed by atoms with van der Waals surface area (Å²) in [4.78, 5) is 0. The Balaban J connectivity index is 2.40. The van der Waals surface area contributed by atoms with Crippen LogP contribution < -0.4 is 5.32 Å². The van der Waals surface area contributed by atoms with E-state index in [9.17, 15) is 0 Å². The number of hydrogen-bond acceptors (Lipinski definition) is 1. The van der Waals surface area contributed by atoms with Crippen LogP contribution in [0.25, 0.3) is 0 Å². The van der Waals surface area contributed by atoms with Crippen molar-refractivity contribution in [3.05, 3.63) is 35.4 Å². The summed E-state index contributed by atoms with van der Waals surface area (Å²) in [6.45, 7) is 13.6. The van der Waals surface area contributed by atoms with Gasteiger partial charge in [0.2, 0.25) is 0 Å². The average molecular weight is 247 g/mol. The Morgan fingerprint density at radius 1 is 0.889 bits per heavy atom. The summed E-state index contributed by atoms with van der Waals surface area (Å²) in [5, 5.41) is 3.60. The topological polar surface area (TPSA) is 12.0 Å². The number of rotatable bonds is 7. The van der Waals surface area contributed by atoms with E-state index in [1.165, 1.54) is 11.1 Å². The SMILES string of the molecule is CCc1ccc(CNCC(C(C)C)C(C)C)cc1. The van der Waals surface area contributed by atoms with Gasteiger partial charge in [0.15, 0.2) is 0 Å². The van der Waals surface area contributed by atoms with Crippen LogP contribution in [-0.4, -0.2) is 6.54 Å². The molecule has 1 heteroatoms. The first-order valence-corrected chi connectivity index (χ1v) is 7.33. The van der Waals surface area contributed by atoms with Gasteiger partial charge in [0, 0.05) is 6.54 Å². The minimum atomic E-state index is 0.750. The first kappa shape index (κ1) is 15.2. The molecule has 0 aliphatic rings. The maximum absolute atomic E-state index is 3.60. The van der Waals surface area contributed by atoms with E-state index >= 15 is 0 Å². The average Bonchev–Trinajstić information content (AvgIpc) is 2.34. The van der Waals surface area contributed by atoms with Gasteiger partial charge in [-0.05, 0) is 41.8 Å². The van der Waals surface area contributed by atoms with Gasteiger partial charge in [-0.25, -0.2) is 0 Å². The smallest absolute Gasteiger partial charge is 0.0205 e. The minimum Gasteiger partial charge on any atom is -0.312 e. The lowest BCUT2D eigenvalue weighted by atomic mass is 9.85. The molecule has 18 heavy (non-hydrogen) atoms. The fourth-order valence-electron chi connectivity index (χ4n) is 2.52. The lowest BCUT2D eigenvalue weighted by Gasteiger charge is -2.25. The number of hydrogen-bond donors (Lipinski definition) is 1. The second-order valence-electron chi connectivity index (χ2n) is 5.95. The highest BCUT2D eigenvalue weighted by Crippen LogP contribution is 2.19. The number of nitrogens with one attached hydrogen (secondary N) is 1. The molecule has 0 amide bonds. The molecule has 1 aromatic rings. The molecule has 1 rings (SSSR count). The summed E-state index contributed by atoms with van der Waals surface area (Å²) in [5.41, 5.74) is 2.81. The van der Waals surface area contributed by atoms with Gasteiger partial charge in [-0.15, -0.1) is 0 Å². The van der Waals surface area contributed by atoms with Gasteiger partial charge < -0.3 is 5.32 Å². The highest BCUT2D eigenvalue weighted by Gasteiger charge is 2.16.